The minimum absolute atomic E-state index is 0.00927. The first-order valence-electron chi connectivity index (χ1n) is 13.7. The number of aryl methyl sites for hydroxylation is 1. The number of anilines is 1. The Balaban J connectivity index is 1.55. The van der Waals surface area contributed by atoms with E-state index in [2.05, 4.69) is 4.90 Å². The highest BCUT2D eigenvalue weighted by Gasteiger charge is 2.37. The highest BCUT2D eigenvalue weighted by Crippen LogP contribution is 2.39. The lowest BCUT2D eigenvalue weighted by Gasteiger charge is -2.31. The first-order valence-corrected chi connectivity index (χ1v) is 13.7. The summed E-state index contributed by atoms with van der Waals surface area (Å²) >= 11 is 0. The number of nitrogens with zero attached hydrogens (tertiary/aromatic N) is 3. The van der Waals surface area contributed by atoms with E-state index in [0.29, 0.717) is 29.5 Å². The molecule has 3 aromatic rings. The molecule has 1 heterocycles. The number of aromatic nitrogens is 1. The first kappa shape index (κ1) is 29.6. The number of aliphatic hydroxyl groups excluding tert-OH is 1. The summed E-state index contributed by atoms with van der Waals surface area (Å²) in [6.45, 7) is 3.19. The fraction of sp³-hybridized carbons (Fsp3) is 0.500. The van der Waals surface area contributed by atoms with E-state index in [0.717, 1.165) is 61.1 Å². The average Bonchev–Trinajstić information content (AvgIpc) is 3.83. The van der Waals surface area contributed by atoms with Gasteiger partial charge in [-0.1, -0.05) is 18.2 Å². The Morgan fingerprint density at radius 2 is 1.49 bits per heavy atom. The van der Waals surface area contributed by atoms with Crippen molar-refractivity contribution in [3.05, 3.63) is 70.3 Å². The number of rotatable bonds is 11. The van der Waals surface area contributed by atoms with Gasteiger partial charge >= 0.3 is 12.4 Å². The molecular weight excluding hydrogens is 548 g/mol. The summed E-state index contributed by atoms with van der Waals surface area (Å²) < 4.78 is 86.2. The molecule has 41 heavy (non-hydrogen) atoms. The molecule has 1 atom stereocenters. The molecule has 0 bridgehead atoms. The minimum atomic E-state index is -4.97. The standard InChI is InChI=1S/C30H33F6N3O2/c1-18-4-3-5-22-12-23(27(37-26(18)22)38(14-19-6-7-19)15-20-8-9-20)17-39(28(40)41-2)16-21-10-24(29(31,32)33)13-25(11-21)30(34,35)36/h3-5,10-13,19-20,28,40H,6-9,14-17H2,1-2H3. The number of alkyl halides is 6. The number of hydrogen-bond acceptors (Lipinski definition) is 5. The molecule has 2 aromatic carbocycles. The van der Waals surface area contributed by atoms with E-state index in [1.54, 1.807) is 0 Å². The normalized spacial score (nSPS) is 16.9. The number of ether oxygens (including phenoxy) is 1. The second-order valence-corrected chi connectivity index (χ2v) is 11.3. The predicted molar refractivity (Wildman–Crippen MR) is 143 cm³/mol. The Morgan fingerprint density at radius 1 is 0.902 bits per heavy atom. The second kappa shape index (κ2) is 11.4. The molecule has 0 amide bonds. The smallest absolute Gasteiger partial charge is 0.356 e. The number of aliphatic hydroxyl groups is 1. The summed E-state index contributed by atoms with van der Waals surface area (Å²) in [5, 5.41) is 11.6. The van der Waals surface area contributed by atoms with Crippen LogP contribution in [0.3, 0.4) is 0 Å². The summed E-state index contributed by atoms with van der Waals surface area (Å²) in [5.41, 5.74) is -0.527. The lowest BCUT2D eigenvalue weighted by molar-refractivity contribution is -0.184. The number of para-hydroxylation sites is 1. The zero-order valence-corrected chi connectivity index (χ0v) is 22.9. The molecule has 0 radical (unpaired) electrons. The molecule has 2 aliphatic carbocycles. The van der Waals surface area contributed by atoms with E-state index in [-0.39, 0.29) is 18.2 Å². The van der Waals surface area contributed by atoms with Gasteiger partial charge in [0.05, 0.1) is 16.6 Å². The number of halogens is 6. The van der Waals surface area contributed by atoms with Crippen LogP contribution in [0.5, 0.6) is 0 Å². The van der Waals surface area contributed by atoms with Gasteiger partial charge in [-0.3, -0.25) is 0 Å². The maximum absolute atomic E-state index is 13.5. The van der Waals surface area contributed by atoms with Crippen LogP contribution in [0.1, 0.15) is 53.5 Å². The van der Waals surface area contributed by atoms with Crippen molar-refractivity contribution in [1.82, 2.24) is 9.88 Å². The molecule has 2 saturated carbocycles. The molecule has 11 heteroatoms. The van der Waals surface area contributed by atoms with Crippen molar-refractivity contribution in [2.24, 2.45) is 11.8 Å². The van der Waals surface area contributed by atoms with E-state index in [4.69, 9.17) is 9.72 Å². The van der Waals surface area contributed by atoms with Gasteiger partial charge in [0.2, 0.25) is 6.41 Å². The number of methoxy groups -OCH3 is 1. The Kier molecular flexibility index (Phi) is 8.24. The molecular formula is C30H33F6N3O2. The van der Waals surface area contributed by atoms with Gasteiger partial charge in [-0.15, -0.1) is 0 Å². The molecule has 1 unspecified atom stereocenters. The van der Waals surface area contributed by atoms with Crippen molar-refractivity contribution >= 4 is 16.7 Å². The van der Waals surface area contributed by atoms with Crippen molar-refractivity contribution in [1.29, 1.82) is 0 Å². The van der Waals surface area contributed by atoms with Crippen molar-refractivity contribution < 1.29 is 36.2 Å². The van der Waals surface area contributed by atoms with Crippen LogP contribution in [-0.4, -0.2) is 41.6 Å². The highest BCUT2D eigenvalue weighted by atomic mass is 19.4. The topological polar surface area (TPSA) is 48.8 Å². The van der Waals surface area contributed by atoms with E-state index in [9.17, 15) is 31.4 Å². The van der Waals surface area contributed by atoms with Crippen molar-refractivity contribution in [2.75, 3.05) is 25.1 Å². The number of hydrogen-bond donors (Lipinski definition) is 1. The van der Waals surface area contributed by atoms with Crippen LogP contribution in [0.25, 0.3) is 10.9 Å². The molecule has 2 fully saturated rings. The molecule has 0 saturated heterocycles. The van der Waals surface area contributed by atoms with E-state index in [1.165, 1.54) is 12.0 Å². The maximum atomic E-state index is 13.5. The Bertz CT molecular complexity index is 1340. The quantitative estimate of drug-likeness (QED) is 0.193. The van der Waals surface area contributed by atoms with Crippen LogP contribution in [0, 0.1) is 18.8 Å². The fourth-order valence-corrected chi connectivity index (χ4v) is 5.17. The summed E-state index contributed by atoms with van der Waals surface area (Å²) in [6, 6.07) is 9.19. The number of pyridine rings is 1. The predicted octanol–water partition coefficient (Wildman–Crippen LogP) is 7.13. The van der Waals surface area contributed by atoms with Gasteiger partial charge in [0.1, 0.15) is 5.82 Å². The molecule has 0 spiro atoms. The Morgan fingerprint density at radius 3 is 2.00 bits per heavy atom. The monoisotopic (exact) mass is 581 g/mol. The zero-order chi connectivity index (χ0) is 29.5. The van der Waals surface area contributed by atoms with Gasteiger partial charge < -0.3 is 14.7 Å². The van der Waals surface area contributed by atoms with E-state index < -0.39 is 36.4 Å². The molecule has 1 N–H and O–H groups in total. The van der Waals surface area contributed by atoms with Gasteiger partial charge in [0, 0.05) is 44.2 Å². The van der Waals surface area contributed by atoms with Crippen molar-refractivity contribution in [3.8, 4) is 0 Å². The summed E-state index contributed by atoms with van der Waals surface area (Å²) in [4.78, 5) is 8.63. The molecule has 222 valence electrons. The Labute approximate surface area is 234 Å². The van der Waals surface area contributed by atoms with Crippen LogP contribution in [0.2, 0.25) is 0 Å². The third-order valence-corrected chi connectivity index (χ3v) is 7.68. The summed E-state index contributed by atoms with van der Waals surface area (Å²) in [6.07, 6.45) is -6.99. The summed E-state index contributed by atoms with van der Waals surface area (Å²) in [5.74, 6) is 1.84. The molecule has 1 aromatic heterocycles. The third-order valence-electron chi connectivity index (χ3n) is 7.68. The largest absolute Gasteiger partial charge is 0.416 e. The average molecular weight is 582 g/mol. The third kappa shape index (κ3) is 7.31. The lowest BCUT2D eigenvalue weighted by Crippen LogP contribution is -2.37. The van der Waals surface area contributed by atoms with Crippen LogP contribution < -0.4 is 4.90 Å². The number of benzene rings is 2. The SMILES string of the molecule is COC(O)N(Cc1cc(C(F)(F)F)cc(C(F)(F)F)c1)Cc1cc2cccc(C)c2nc1N(CC1CC1)CC1CC1. The maximum Gasteiger partial charge on any atom is 0.416 e. The van der Waals surface area contributed by atoms with E-state index >= 15 is 0 Å². The zero-order valence-electron chi connectivity index (χ0n) is 22.9. The second-order valence-electron chi connectivity index (χ2n) is 11.3. The highest BCUT2D eigenvalue weighted by molar-refractivity contribution is 5.84. The van der Waals surface area contributed by atoms with Crippen LogP contribution in [0.4, 0.5) is 32.2 Å². The van der Waals surface area contributed by atoms with Crippen molar-refractivity contribution in [2.45, 2.75) is 64.5 Å². The Hall–Kier alpha value is -2.89. The first-order chi connectivity index (χ1) is 19.3. The van der Waals surface area contributed by atoms with Crippen LogP contribution in [-0.2, 0) is 30.2 Å². The fourth-order valence-electron chi connectivity index (χ4n) is 5.17. The van der Waals surface area contributed by atoms with Gasteiger partial charge in [-0.05, 0) is 79.8 Å². The minimum Gasteiger partial charge on any atom is -0.356 e. The van der Waals surface area contributed by atoms with Gasteiger partial charge in [-0.2, -0.15) is 26.3 Å². The van der Waals surface area contributed by atoms with Crippen molar-refractivity contribution in [3.63, 3.8) is 0 Å². The molecule has 5 nitrogen and oxygen atoms in total. The molecule has 0 aliphatic heterocycles. The number of fused-ring (bicyclic) bond motifs is 1. The van der Waals surface area contributed by atoms with Gasteiger partial charge in [-0.25, -0.2) is 9.88 Å². The molecule has 5 rings (SSSR count). The summed E-state index contributed by atoms with van der Waals surface area (Å²) in [7, 11) is 1.22. The lowest BCUT2D eigenvalue weighted by atomic mass is 10.0. The van der Waals surface area contributed by atoms with Crippen LogP contribution >= 0.6 is 0 Å². The molecule has 2 aliphatic rings. The van der Waals surface area contributed by atoms with Crippen LogP contribution in [0.15, 0.2) is 42.5 Å². The van der Waals surface area contributed by atoms with E-state index in [1.807, 2.05) is 31.2 Å². The van der Waals surface area contributed by atoms with Gasteiger partial charge in [0.25, 0.3) is 0 Å². The van der Waals surface area contributed by atoms with Gasteiger partial charge in [0.15, 0.2) is 0 Å².